The van der Waals surface area contributed by atoms with Crippen LogP contribution in [0.2, 0.25) is 0 Å². The van der Waals surface area contributed by atoms with Crippen LogP contribution in [0.1, 0.15) is 20.7 Å². The quantitative estimate of drug-likeness (QED) is 0.614. The summed E-state index contributed by atoms with van der Waals surface area (Å²) in [5.74, 6) is -1.13. The van der Waals surface area contributed by atoms with Crippen LogP contribution in [-0.4, -0.2) is 60.2 Å². The number of aromatic nitrogens is 2. The number of carbonyl (C=O) groups excluding carboxylic acids is 2. The second kappa shape index (κ2) is 9.52. The monoisotopic (exact) mass is 436 g/mol. The molecule has 0 bridgehead atoms. The summed E-state index contributed by atoms with van der Waals surface area (Å²) in [5, 5.41) is 2.96. The summed E-state index contributed by atoms with van der Waals surface area (Å²) in [6.07, 6.45) is 1.57. The number of anilines is 2. The second-order valence-electron chi connectivity index (χ2n) is 7.06. The van der Waals surface area contributed by atoms with Crippen LogP contribution in [0.25, 0.3) is 11.3 Å². The molecule has 0 unspecified atom stereocenters. The number of rotatable bonds is 5. The van der Waals surface area contributed by atoms with E-state index in [1.54, 1.807) is 47.5 Å². The lowest BCUT2D eigenvalue weighted by atomic mass is 10.1. The maximum absolute atomic E-state index is 14.6. The lowest BCUT2D eigenvalue weighted by molar-refractivity contribution is 0.0300. The van der Waals surface area contributed by atoms with Gasteiger partial charge in [0.1, 0.15) is 5.82 Å². The highest BCUT2D eigenvalue weighted by atomic mass is 19.1. The second-order valence-corrected chi connectivity index (χ2v) is 7.06. The first-order valence-electron chi connectivity index (χ1n) is 10.0. The van der Waals surface area contributed by atoms with Gasteiger partial charge in [0.2, 0.25) is 5.95 Å². The summed E-state index contributed by atoms with van der Waals surface area (Å²) >= 11 is 0. The van der Waals surface area contributed by atoms with E-state index in [2.05, 4.69) is 15.3 Å². The maximum atomic E-state index is 14.6. The van der Waals surface area contributed by atoms with E-state index in [-0.39, 0.29) is 17.4 Å². The van der Waals surface area contributed by atoms with Crippen LogP contribution < -0.4 is 5.32 Å². The number of morpholine rings is 1. The van der Waals surface area contributed by atoms with Crippen LogP contribution in [0.15, 0.2) is 54.7 Å². The zero-order valence-electron chi connectivity index (χ0n) is 17.4. The molecular weight excluding hydrogens is 415 g/mol. The normalized spacial score (nSPS) is 13.5. The highest BCUT2D eigenvalue weighted by Crippen LogP contribution is 2.22. The van der Waals surface area contributed by atoms with Crippen molar-refractivity contribution in [1.29, 1.82) is 0 Å². The molecule has 2 heterocycles. The van der Waals surface area contributed by atoms with Crippen LogP contribution in [0.3, 0.4) is 0 Å². The van der Waals surface area contributed by atoms with Crippen molar-refractivity contribution in [3.05, 3.63) is 71.7 Å². The van der Waals surface area contributed by atoms with Crippen molar-refractivity contribution < 1.29 is 23.5 Å². The Morgan fingerprint density at radius 3 is 2.53 bits per heavy atom. The number of hydrogen-bond donors (Lipinski definition) is 1. The molecule has 9 heteroatoms. The van der Waals surface area contributed by atoms with Gasteiger partial charge in [-0.1, -0.05) is 12.1 Å². The van der Waals surface area contributed by atoms with Crippen LogP contribution in [-0.2, 0) is 9.47 Å². The summed E-state index contributed by atoms with van der Waals surface area (Å²) in [7, 11) is 1.33. The Morgan fingerprint density at radius 1 is 1.09 bits per heavy atom. The lowest BCUT2D eigenvalue weighted by Crippen LogP contribution is -2.41. The number of esters is 1. The van der Waals surface area contributed by atoms with E-state index in [9.17, 15) is 14.0 Å². The molecule has 0 saturated carbocycles. The molecule has 2 aromatic carbocycles. The van der Waals surface area contributed by atoms with Gasteiger partial charge < -0.3 is 19.7 Å². The maximum Gasteiger partial charge on any atom is 0.337 e. The van der Waals surface area contributed by atoms with Gasteiger partial charge in [-0.3, -0.25) is 4.79 Å². The largest absolute Gasteiger partial charge is 0.465 e. The minimum Gasteiger partial charge on any atom is -0.465 e. The van der Waals surface area contributed by atoms with Gasteiger partial charge in [0.15, 0.2) is 0 Å². The molecule has 1 saturated heterocycles. The fourth-order valence-corrected chi connectivity index (χ4v) is 3.31. The Bertz CT molecular complexity index is 1130. The van der Waals surface area contributed by atoms with Crippen molar-refractivity contribution in [2.45, 2.75) is 0 Å². The van der Waals surface area contributed by atoms with Crippen molar-refractivity contribution >= 4 is 23.5 Å². The first-order chi connectivity index (χ1) is 15.5. The first-order valence-corrected chi connectivity index (χ1v) is 10.0. The highest BCUT2D eigenvalue weighted by molar-refractivity contribution is 5.95. The van der Waals surface area contributed by atoms with E-state index in [4.69, 9.17) is 9.47 Å². The molecule has 1 aliphatic rings. The molecule has 1 aliphatic heterocycles. The summed E-state index contributed by atoms with van der Waals surface area (Å²) in [5.41, 5.74) is 2.27. The summed E-state index contributed by atoms with van der Waals surface area (Å²) in [6.45, 7) is 1.79. The molecule has 1 fully saturated rings. The van der Waals surface area contributed by atoms with Crippen molar-refractivity contribution in [3.63, 3.8) is 0 Å². The number of halogens is 1. The highest BCUT2D eigenvalue weighted by Gasteiger charge is 2.21. The Morgan fingerprint density at radius 2 is 1.84 bits per heavy atom. The van der Waals surface area contributed by atoms with Gasteiger partial charge in [-0.15, -0.1) is 0 Å². The third kappa shape index (κ3) is 4.73. The molecule has 1 N–H and O–H groups in total. The van der Waals surface area contributed by atoms with Gasteiger partial charge in [-0.25, -0.2) is 19.2 Å². The Kier molecular flexibility index (Phi) is 6.37. The number of ether oxygens (including phenoxy) is 2. The molecule has 0 spiro atoms. The predicted molar refractivity (Wildman–Crippen MR) is 115 cm³/mol. The van der Waals surface area contributed by atoms with E-state index in [0.717, 1.165) is 5.56 Å². The SMILES string of the molecule is COC(=O)c1ccc(-c2ccnc(Nc3ccc(C(=O)N4CCOCC4)c(F)c3)n2)cc1. The number of nitrogens with zero attached hydrogens (tertiary/aromatic N) is 3. The Hall–Kier alpha value is -3.85. The smallest absolute Gasteiger partial charge is 0.337 e. The van der Waals surface area contributed by atoms with Gasteiger partial charge in [-0.2, -0.15) is 0 Å². The van der Waals surface area contributed by atoms with Crippen molar-refractivity contribution in [1.82, 2.24) is 14.9 Å². The molecule has 0 radical (unpaired) electrons. The molecule has 8 nitrogen and oxygen atoms in total. The van der Waals surface area contributed by atoms with E-state index in [1.807, 2.05) is 0 Å². The van der Waals surface area contributed by atoms with Gasteiger partial charge in [-0.05, 0) is 36.4 Å². The Balaban J connectivity index is 1.49. The van der Waals surface area contributed by atoms with Crippen LogP contribution in [0, 0.1) is 5.82 Å². The number of carbonyl (C=O) groups is 2. The molecule has 1 aromatic heterocycles. The molecule has 32 heavy (non-hydrogen) atoms. The molecular formula is C23H21FN4O4. The van der Waals surface area contributed by atoms with Crippen LogP contribution >= 0.6 is 0 Å². The van der Waals surface area contributed by atoms with Crippen molar-refractivity contribution in [3.8, 4) is 11.3 Å². The topological polar surface area (TPSA) is 93.6 Å². The number of amides is 1. The van der Waals surface area contributed by atoms with Crippen LogP contribution in [0.4, 0.5) is 16.0 Å². The number of nitrogens with one attached hydrogen (secondary N) is 1. The van der Waals surface area contributed by atoms with Crippen LogP contribution in [0.5, 0.6) is 0 Å². The standard InChI is InChI=1S/C23H21FN4O4/c1-31-22(30)16-4-2-15(3-5-16)20-8-9-25-23(27-20)26-17-6-7-18(19(24)14-17)21(29)28-10-12-32-13-11-28/h2-9,14H,10-13H2,1H3,(H,25,26,27). The third-order valence-corrected chi connectivity index (χ3v) is 5.01. The van der Waals surface area contributed by atoms with E-state index >= 15 is 0 Å². The third-order valence-electron chi connectivity index (χ3n) is 5.01. The number of benzene rings is 2. The number of hydrogen-bond acceptors (Lipinski definition) is 7. The van der Waals surface area contributed by atoms with Crippen molar-refractivity contribution in [2.75, 3.05) is 38.7 Å². The van der Waals surface area contributed by atoms with Gasteiger partial charge in [0, 0.05) is 30.5 Å². The van der Waals surface area contributed by atoms with Gasteiger partial charge in [0.05, 0.1) is 37.1 Å². The molecule has 1 amide bonds. The molecule has 4 rings (SSSR count). The average molecular weight is 436 g/mol. The van der Waals surface area contributed by atoms with Gasteiger partial charge in [0.25, 0.3) is 5.91 Å². The zero-order valence-corrected chi connectivity index (χ0v) is 17.4. The molecule has 164 valence electrons. The fraction of sp³-hybridized carbons (Fsp3) is 0.217. The predicted octanol–water partition coefficient (Wildman–Crippen LogP) is 3.29. The minimum absolute atomic E-state index is 0.0119. The van der Waals surface area contributed by atoms with E-state index < -0.39 is 11.8 Å². The first kappa shape index (κ1) is 21.4. The molecule has 3 aromatic rings. The van der Waals surface area contributed by atoms with Crippen molar-refractivity contribution in [2.24, 2.45) is 0 Å². The molecule has 0 atom stereocenters. The lowest BCUT2D eigenvalue weighted by Gasteiger charge is -2.27. The zero-order chi connectivity index (χ0) is 22.5. The summed E-state index contributed by atoms with van der Waals surface area (Å²) < 4.78 is 24.6. The summed E-state index contributed by atoms with van der Waals surface area (Å²) in [4.78, 5) is 34.3. The van der Waals surface area contributed by atoms with Gasteiger partial charge >= 0.3 is 5.97 Å². The average Bonchev–Trinajstić information content (AvgIpc) is 2.84. The number of methoxy groups -OCH3 is 1. The van der Waals surface area contributed by atoms with E-state index in [0.29, 0.717) is 43.2 Å². The minimum atomic E-state index is -0.624. The summed E-state index contributed by atoms with van der Waals surface area (Å²) in [6, 6.07) is 12.8. The Labute approximate surface area is 184 Å². The fourth-order valence-electron chi connectivity index (χ4n) is 3.31. The molecule has 0 aliphatic carbocycles. The van der Waals surface area contributed by atoms with E-state index in [1.165, 1.54) is 19.2 Å².